The summed E-state index contributed by atoms with van der Waals surface area (Å²) in [5.74, 6) is -0.0608. The van der Waals surface area contributed by atoms with Gasteiger partial charge in [-0.15, -0.1) is 0 Å². The summed E-state index contributed by atoms with van der Waals surface area (Å²) in [4.78, 5) is 32.7. The van der Waals surface area contributed by atoms with Crippen molar-refractivity contribution in [1.29, 1.82) is 0 Å². The van der Waals surface area contributed by atoms with Crippen LogP contribution in [-0.2, 0) is 11.3 Å². The number of pyridine rings is 2. The zero-order valence-electron chi connectivity index (χ0n) is 16.4. The molecule has 0 aliphatic carbocycles. The Kier molecular flexibility index (Phi) is 5.26. The number of carbonyl (C=O) groups excluding carboxylic acids is 1. The van der Waals surface area contributed by atoms with E-state index in [-0.39, 0.29) is 18.1 Å². The standard InChI is InChI=1S/C23H18N2O5/c1-14-9-19-16(11-21(26)30-20(19)10-15(14)2)13-28-23(27)18-6-4-8-25-22(18)29-17-5-3-7-24-12-17/h3-12H,13H2,1-2H3. The highest BCUT2D eigenvalue weighted by atomic mass is 16.5. The first-order valence-corrected chi connectivity index (χ1v) is 9.25. The average Bonchev–Trinajstić information content (AvgIpc) is 2.74. The van der Waals surface area contributed by atoms with Crippen molar-refractivity contribution >= 4 is 16.9 Å². The number of aromatic nitrogens is 2. The third-order valence-corrected chi connectivity index (χ3v) is 4.64. The van der Waals surface area contributed by atoms with E-state index < -0.39 is 11.6 Å². The molecule has 0 spiro atoms. The van der Waals surface area contributed by atoms with Gasteiger partial charge in [-0.2, -0.15) is 0 Å². The average molecular weight is 402 g/mol. The van der Waals surface area contributed by atoms with E-state index in [1.165, 1.54) is 18.5 Å². The minimum Gasteiger partial charge on any atom is -0.457 e. The summed E-state index contributed by atoms with van der Waals surface area (Å²) in [5.41, 5.74) is 2.74. The van der Waals surface area contributed by atoms with E-state index in [0.29, 0.717) is 16.9 Å². The Morgan fingerprint density at radius 1 is 1.07 bits per heavy atom. The lowest BCUT2D eigenvalue weighted by Gasteiger charge is -2.11. The van der Waals surface area contributed by atoms with Crippen molar-refractivity contribution in [3.05, 3.63) is 93.7 Å². The van der Waals surface area contributed by atoms with Crippen LogP contribution in [0.25, 0.3) is 11.0 Å². The molecule has 0 aliphatic heterocycles. The monoisotopic (exact) mass is 402 g/mol. The maximum Gasteiger partial charge on any atom is 0.344 e. The molecule has 1 aromatic carbocycles. The fourth-order valence-electron chi connectivity index (χ4n) is 2.97. The molecule has 0 N–H and O–H groups in total. The third kappa shape index (κ3) is 4.05. The van der Waals surface area contributed by atoms with Crippen LogP contribution in [0.1, 0.15) is 27.0 Å². The molecular weight excluding hydrogens is 384 g/mol. The van der Waals surface area contributed by atoms with Crippen LogP contribution >= 0.6 is 0 Å². The molecule has 0 saturated heterocycles. The molecule has 0 saturated carbocycles. The fraction of sp³-hybridized carbons (Fsp3) is 0.130. The van der Waals surface area contributed by atoms with E-state index in [1.54, 1.807) is 36.5 Å². The molecule has 3 heterocycles. The summed E-state index contributed by atoms with van der Waals surface area (Å²) in [6.07, 6.45) is 4.65. The number of carbonyl (C=O) groups is 1. The van der Waals surface area contributed by atoms with Crippen molar-refractivity contribution in [2.75, 3.05) is 0 Å². The van der Waals surface area contributed by atoms with Gasteiger partial charge in [0.15, 0.2) is 0 Å². The number of hydrogen-bond donors (Lipinski definition) is 0. The quantitative estimate of drug-likeness (QED) is 0.362. The highest BCUT2D eigenvalue weighted by Gasteiger charge is 2.17. The molecule has 0 fully saturated rings. The normalized spacial score (nSPS) is 10.7. The number of benzene rings is 1. The molecule has 0 unspecified atom stereocenters. The van der Waals surface area contributed by atoms with Crippen LogP contribution in [0.4, 0.5) is 0 Å². The fourth-order valence-corrected chi connectivity index (χ4v) is 2.97. The zero-order valence-corrected chi connectivity index (χ0v) is 16.4. The second-order valence-electron chi connectivity index (χ2n) is 6.75. The maximum absolute atomic E-state index is 12.7. The van der Waals surface area contributed by atoms with Crippen molar-refractivity contribution in [2.24, 2.45) is 0 Å². The van der Waals surface area contributed by atoms with Crippen LogP contribution in [-0.4, -0.2) is 15.9 Å². The number of nitrogens with zero attached hydrogens (tertiary/aromatic N) is 2. The van der Waals surface area contributed by atoms with Crippen molar-refractivity contribution in [2.45, 2.75) is 20.5 Å². The van der Waals surface area contributed by atoms with Crippen LogP contribution in [0.2, 0.25) is 0 Å². The molecular formula is C23H18N2O5. The summed E-state index contributed by atoms with van der Waals surface area (Å²) in [7, 11) is 0. The van der Waals surface area contributed by atoms with Gasteiger partial charge in [0, 0.05) is 29.4 Å². The van der Waals surface area contributed by atoms with Gasteiger partial charge in [-0.1, -0.05) is 0 Å². The first-order chi connectivity index (χ1) is 14.5. The molecule has 7 heteroatoms. The molecule has 7 nitrogen and oxygen atoms in total. The molecule has 4 rings (SSSR count). The van der Waals surface area contributed by atoms with Crippen molar-refractivity contribution in [1.82, 2.24) is 9.97 Å². The Morgan fingerprint density at radius 2 is 1.87 bits per heavy atom. The maximum atomic E-state index is 12.7. The lowest BCUT2D eigenvalue weighted by Crippen LogP contribution is -2.10. The zero-order chi connectivity index (χ0) is 21.1. The SMILES string of the molecule is Cc1cc2oc(=O)cc(COC(=O)c3cccnc3Oc3cccnc3)c2cc1C. The molecule has 0 atom stereocenters. The summed E-state index contributed by atoms with van der Waals surface area (Å²) in [6.45, 7) is 3.81. The number of aryl methyl sites for hydroxylation is 2. The van der Waals surface area contributed by atoms with Gasteiger partial charge in [0.25, 0.3) is 0 Å². The van der Waals surface area contributed by atoms with Gasteiger partial charge in [-0.3, -0.25) is 4.98 Å². The molecule has 4 aromatic rings. The van der Waals surface area contributed by atoms with Gasteiger partial charge in [-0.25, -0.2) is 14.6 Å². The van der Waals surface area contributed by atoms with Crippen molar-refractivity contribution in [3.63, 3.8) is 0 Å². The van der Waals surface area contributed by atoms with Crippen LogP contribution in [0.15, 0.2) is 70.3 Å². The van der Waals surface area contributed by atoms with Crippen LogP contribution < -0.4 is 10.4 Å². The second-order valence-corrected chi connectivity index (χ2v) is 6.75. The Hall–Kier alpha value is -4.00. The van der Waals surface area contributed by atoms with Gasteiger partial charge in [0.05, 0.1) is 6.20 Å². The molecule has 0 aliphatic rings. The highest BCUT2D eigenvalue weighted by Crippen LogP contribution is 2.25. The predicted molar refractivity (Wildman–Crippen MR) is 110 cm³/mol. The van der Waals surface area contributed by atoms with Gasteiger partial charge in [0.1, 0.15) is 23.5 Å². The van der Waals surface area contributed by atoms with Gasteiger partial charge in [-0.05, 0) is 61.4 Å². The van der Waals surface area contributed by atoms with Gasteiger partial charge in [0.2, 0.25) is 5.88 Å². The third-order valence-electron chi connectivity index (χ3n) is 4.64. The van der Waals surface area contributed by atoms with Crippen molar-refractivity contribution < 1.29 is 18.7 Å². The van der Waals surface area contributed by atoms with Crippen LogP contribution in [0.5, 0.6) is 11.6 Å². The van der Waals surface area contributed by atoms with Gasteiger partial charge >= 0.3 is 11.6 Å². The lowest BCUT2D eigenvalue weighted by molar-refractivity contribution is 0.0470. The molecule has 150 valence electrons. The summed E-state index contributed by atoms with van der Waals surface area (Å²) in [6, 6.07) is 11.6. The molecule has 30 heavy (non-hydrogen) atoms. The topological polar surface area (TPSA) is 91.5 Å². The van der Waals surface area contributed by atoms with Crippen molar-refractivity contribution in [3.8, 4) is 11.6 Å². The Labute approximate surface area is 171 Å². The minimum absolute atomic E-state index is 0.0926. The van der Waals surface area contributed by atoms with E-state index in [0.717, 1.165) is 16.5 Å². The van der Waals surface area contributed by atoms with E-state index >= 15 is 0 Å². The van der Waals surface area contributed by atoms with E-state index in [1.807, 2.05) is 19.9 Å². The van der Waals surface area contributed by atoms with E-state index in [9.17, 15) is 9.59 Å². The molecule has 0 radical (unpaired) electrons. The number of esters is 1. The molecule has 0 amide bonds. The predicted octanol–water partition coefficient (Wildman–Crippen LogP) is 4.35. The number of fused-ring (bicyclic) bond motifs is 1. The highest BCUT2D eigenvalue weighted by molar-refractivity contribution is 5.92. The van der Waals surface area contributed by atoms with E-state index in [2.05, 4.69) is 9.97 Å². The van der Waals surface area contributed by atoms with Crippen LogP contribution in [0, 0.1) is 13.8 Å². The minimum atomic E-state index is -0.618. The first kappa shape index (κ1) is 19.3. The second kappa shape index (κ2) is 8.16. The largest absolute Gasteiger partial charge is 0.457 e. The Bertz CT molecular complexity index is 1280. The van der Waals surface area contributed by atoms with Gasteiger partial charge < -0.3 is 13.9 Å². The molecule has 0 bridgehead atoms. The summed E-state index contributed by atoms with van der Waals surface area (Å²) in [5, 5.41) is 0.725. The first-order valence-electron chi connectivity index (χ1n) is 9.25. The Balaban J connectivity index is 1.59. The number of rotatable bonds is 5. The lowest BCUT2D eigenvalue weighted by atomic mass is 10.0. The summed E-state index contributed by atoms with van der Waals surface area (Å²) < 4.78 is 16.4. The number of hydrogen-bond acceptors (Lipinski definition) is 7. The Morgan fingerprint density at radius 3 is 2.67 bits per heavy atom. The summed E-state index contributed by atoms with van der Waals surface area (Å²) >= 11 is 0. The van der Waals surface area contributed by atoms with E-state index in [4.69, 9.17) is 13.9 Å². The molecule has 3 aromatic heterocycles. The number of ether oxygens (including phenoxy) is 2. The smallest absolute Gasteiger partial charge is 0.344 e. The van der Waals surface area contributed by atoms with Crippen LogP contribution in [0.3, 0.4) is 0 Å².